The lowest BCUT2D eigenvalue weighted by atomic mass is 10.1. The number of amides is 1. The number of aromatic nitrogens is 1. The first-order chi connectivity index (χ1) is 9.66. The van der Waals surface area contributed by atoms with Gasteiger partial charge in [-0.05, 0) is 48.4 Å². The van der Waals surface area contributed by atoms with Crippen LogP contribution in [0.1, 0.15) is 22.3 Å². The molecule has 104 valence electrons. The lowest BCUT2D eigenvalue weighted by Crippen LogP contribution is -2.12. The molecular formula is C15H15FN2OS. The van der Waals surface area contributed by atoms with Gasteiger partial charge < -0.3 is 5.73 Å². The Kier molecular flexibility index (Phi) is 5.12. The van der Waals surface area contributed by atoms with E-state index in [2.05, 4.69) is 4.98 Å². The summed E-state index contributed by atoms with van der Waals surface area (Å²) in [6, 6.07) is 9.88. The molecule has 2 rings (SSSR count). The fourth-order valence-electron chi connectivity index (χ4n) is 1.79. The van der Waals surface area contributed by atoms with Gasteiger partial charge in [-0.2, -0.15) is 0 Å². The summed E-state index contributed by atoms with van der Waals surface area (Å²) >= 11 is 1.51. The van der Waals surface area contributed by atoms with Crippen molar-refractivity contribution in [3.8, 4) is 0 Å². The number of nitrogens with two attached hydrogens (primary N) is 1. The average Bonchev–Trinajstić information content (AvgIpc) is 2.46. The van der Waals surface area contributed by atoms with Crippen molar-refractivity contribution in [2.24, 2.45) is 5.73 Å². The second kappa shape index (κ2) is 7.05. The van der Waals surface area contributed by atoms with Gasteiger partial charge in [-0.25, -0.2) is 9.37 Å². The van der Waals surface area contributed by atoms with E-state index in [0.717, 1.165) is 24.2 Å². The van der Waals surface area contributed by atoms with Gasteiger partial charge in [-0.1, -0.05) is 12.1 Å². The summed E-state index contributed by atoms with van der Waals surface area (Å²) in [7, 11) is 0. The Morgan fingerprint density at radius 2 is 2.00 bits per heavy atom. The van der Waals surface area contributed by atoms with Crippen LogP contribution in [0.2, 0.25) is 0 Å². The summed E-state index contributed by atoms with van der Waals surface area (Å²) in [5, 5.41) is 0.666. The number of benzene rings is 1. The topological polar surface area (TPSA) is 56.0 Å². The van der Waals surface area contributed by atoms with Gasteiger partial charge in [-0.15, -0.1) is 11.8 Å². The summed E-state index contributed by atoms with van der Waals surface area (Å²) in [6.07, 6.45) is 3.44. The molecule has 0 bridgehead atoms. The molecule has 0 radical (unpaired) electrons. The van der Waals surface area contributed by atoms with Crippen molar-refractivity contribution in [3.05, 3.63) is 59.5 Å². The number of hydrogen-bond acceptors (Lipinski definition) is 3. The van der Waals surface area contributed by atoms with Gasteiger partial charge in [0.25, 0.3) is 5.91 Å². The standard InChI is InChI=1S/C15H15FN2OS/c16-12-7-5-11(6-8-12)3-2-10-20-15-13(14(17)19)4-1-9-18-15/h1,4-9H,2-3,10H2,(H2,17,19). The number of aryl methyl sites for hydroxylation is 1. The highest BCUT2D eigenvalue weighted by Crippen LogP contribution is 2.21. The molecule has 5 heteroatoms. The molecule has 20 heavy (non-hydrogen) atoms. The maximum atomic E-state index is 12.8. The van der Waals surface area contributed by atoms with Gasteiger partial charge in [-0.3, -0.25) is 4.79 Å². The molecule has 1 amide bonds. The number of primary amides is 1. The number of pyridine rings is 1. The van der Waals surface area contributed by atoms with E-state index in [1.165, 1.54) is 23.9 Å². The van der Waals surface area contributed by atoms with E-state index in [9.17, 15) is 9.18 Å². The molecule has 1 heterocycles. The lowest BCUT2D eigenvalue weighted by Gasteiger charge is -2.05. The Hall–Kier alpha value is -1.88. The maximum Gasteiger partial charge on any atom is 0.251 e. The second-order valence-corrected chi connectivity index (χ2v) is 5.38. The summed E-state index contributed by atoms with van der Waals surface area (Å²) in [5.41, 5.74) is 6.85. The number of carbonyl (C=O) groups is 1. The van der Waals surface area contributed by atoms with Gasteiger partial charge in [0.15, 0.2) is 0 Å². The predicted octanol–water partition coefficient (Wildman–Crippen LogP) is 3.04. The lowest BCUT2D eigenvalue weighted by molar-refractivity contribution is 0.0997. The van der Waals surface area contributed by atoms with E-state index >= 15 is 0 Å². The summed E-state index contributed by atoms with van der Waals surface area (Å²) in [5.74, 6) is 0.149. The third-order valence-corrected chi connectivity index (χ3v) is 3.89. The van der Waals surface area contributed by atoms with Crippen LogP contribution in [0, 0.1) is 5.82 Å². The van der Waals surface area contributed by atoms with Crippen molar-refractivity contribution >= 4 is 17.7 Å². The summed E-state index contributed by atoms with van der Waals surface area (Å²) in [4.78, 5) is 15.4. The quantitative estimate of drug-likeness (QED) is 0.657. The van der Waals surface area contributed by atoms with Crippen LogP contribution in [-0.2, 0) is 6.42 Å². The van der Waals surface area contributed by atoms with E-state index in [1.807, 2.05) is 0 Å². The van der Waals surface area contributed by atoms with E-state index in [-0.39, 0.29) is 5.82 Å². The first kappa shape index (κ1) is 14.5. The van der Waals surface area contributed by atoms with Gasteiger partial charge in [0.05, 0.1) is 5.56 Å². The van der Waals surface area contributed by atoms with Crippen LogP contribution in [0.4, 0.5) is 4.39 Å². The molecule has 0 aliphatic rings. The number of carbonyl (C=O) groups excluding carboxylic acids is 1. The van der Waals surface area contributed by atoms with Crippen LogP contribution in [0.15, 0.2) is 47.6 Å². The van der Waals surface area contributed by atoms with Gasteiger partial charge in [0.1, 0.15) is 10.8 Å². The molecule has 2 aromatic rings. The number of hydrogen-bond donors (Lipinski definition) is 1. The minimum absolute atomic E-state index is 0.220. The largest absolute Gasteiger partial charge is 0.366 e. The molecule has 0 fully saturated rings. The number of nitrogens with zero attached hydrogens (tertiary/aromatic N) is 1. The van der Waals surface area contributed by atoms with Crippen LogP contribution < -0.4 is 5.73 Å². The van der Waals surface area contributed by atoms with Crippen molar-refractivity contribution in [1.29, 1.82) is 0 Å². The van der Waals surface area contributed by atoms with Gasteiger partial charge in [0, 0.05) is 6.20 Å². The van der Waals surface area contributed by atoms with Crippen molar-refractivity contribution < 1.29 is 9.18 Å². The molecule has 3 nitrogen and oxygen atoms in total. The third kappa shape index (κ3) is 4.06. The van der Waals surface area contributed by atoms with E-state index in [4.69, 9.17) is 5.73 Å². The van der Waals surface area contributed by atoms with Crippen molar-refractivity contribution in [2.75, 3.05) is 5.75 Å². The molecule has 0 aliphatic heterocycles. The highest BCUT2D eigenvalue weighted by molar-refractivity contribution is 7.99. The number of thioether (sulfide) groups is 1. The van der Waals surface area contributed by atoms with Crippen LogP contribution in [0.3, 0.4) is 0 Å². The molecule has 0 saturated carbocycles. The molecule has 0 saturated heterocycles. The number of rotatable bonds is 6. The molecule has 1 aromatic carbocycles. The zero-order valence-corrected chi connectivity index (χ0v) is 11.7. The maximum absolute atomic E-state index is 12.8. The highest BCUT2D eigenvalue weighted by atomic mass is 32.2. The second-order valence-electron chi connectivity index (χ2n) is 4.30. The van der Waals surface area contributed by atoms with E-state index in [1.54, 1.807) is 30.5 Å². The SMILES string of the molecule is NC(=O)c1cccnc1SCCCc1ccc(F)cc1. The van der Waals surface area contributed by atoms with Crippen LogP contribution >= 0.6 is 11.8 Å². The van der Waals surface area contributed by atoms with E-state index in [0.29, 0.717) is 10.6 Å². The van der Waals surface area contributed by atoms with Crippen molar-refractivity contribution in [3.63, 3.8) is 0 Å². The molecule has 0 spiro atoms. The van der Waals surface area contributed by atoms with Crippen LogP contribution in [-0.4, -0.2) is 16.6 Å². The first-order valence-electron chi connectivity index (χ1n) is 6.29. The molecule has 1 aromatic heterocycles. The van der Waals surface area contributed by atoms with Gasteiger partial charge >= 0.3 is 0 Å². The first-order valence-corrected chi connectivity index (χ1v) is 7.27. The predicted molar refractivity (Wildman–Crippen MR) is 78.2 cm³/mol. The zero-order chi connectivity index (χ0) is 14.4. The van der Waals surface area contributed by atoms with Crippen molar-refractivity contribution in [2.45, 2.75) is 17.9 Å². The summed E-state index contributed by atoms with van der Waals surface area (Å²) in [6.45, 7) is 0. The third-order valence-electron chi connectivity index (χ3n) is 2.80. The Balaban J connectivity index is 1.84. The Morgan fingerprint density at radius 3 is 2.70 bits per heavy atom. The number of halogens is 1. The molecule has 0 atom stereocenters. The molecule has 0 aliphatic carbocycles. The van der Waals surface area contributed by atoms with Crippen LogP contribution in [0.5, 0.6) is 0 Å². The Morgan fingerprint density at radius 1 is 1.25 bits per heavy atom. The summed E-state index contributed by atoms with van der Waals surface area (Å²) < 4.78 is 12.8. The fourth-order valence-corrected chi connectivity index (χ4v) is 2.73. The minimum atomic E-state index is -0.459. The van der Waals surface area contributed by atoms with Crippen LogP contribution in [0.25, 0.3) is 0 Å². The Bertz CT molecular complexity index is 587. The minimum Gasteiger partial charge on any atom is -0.366 e. The van der Waals surface area contributed by atoms with Crippen molar-refractivity contribution in [1.82, 2.24) is 4.98 Å². The van der Waals surface area contributed by atoms with Gasteiger partial charge in [0.2, 0.25) is 0 Å². The zero-order valence-electron chi connectivity index (χ0n) is 10.9. The average molecular weight is 290 g/mol. The highest BCUT2D eigenvalue weighted by Gasteiger charge is 2.08. The Labute approximate surface area is 121 Å². The molecular weight excluding hydrogens is 275 g/mol. The fraction of sp³-hybridized carbons (Fsp3) is 0.200. The molecule has 0 unspecified atom stereocenters. The normalized spacial score (nSPS) is 10.4. The monoisotopic (exact) mass is 290 g/mol. The van der Waals surface area contributed by atoms with E-state index < -0.39 is 5.91 Å². The molecule has 2 N–H and O–H groups in total. The smallest absolute Gasteiger partial charge is 0.251 e.